The van der Waals surface area contributed by atoms with Crippen LogP contribution in [0.25, 0.3) is 0 Å². The third-order valence-electron chi connectivity index (χ3n) is 3.10. The third-order valence-corrected chi connectivity index (χ3v) is 3.10. The first-order valence-corrected chi connectivity index (χ1v) is 5.49. The summed E-state index contributed by atoms with van der Waals surface area (Å²) < 4.78 is 4.76. The Hall–Kier alpha value is -1.85. The number of aromatic nitrogens is 2. The first-order valence-electron chi connectivity index (χ1n) is 5.49. The lowest BCUT2D eigenvalue weighted by Gasteiger charge is -2.15. The number of ether oxygens (including phenoxy) is 1. The van der Waals surface area contributed by atoms with Crippen LogP contribution < -0.4 is 10.5 Å². The van der Waals surface area contributed by atoms with Gasteiger partial charge in [-0.15, -0.1) is 0 Å². The number of methoxy groups -OCH3 is 1. The summed E-state index contributed by atoms with van der Waals surface area (Å²) in [5, 5.41) is 0. The van der Waals surface area contributed by atoms with Crippen LogP contribution in [0.3, 0.4) is 0 Å². The van der Waals surface area contributed by atoms with E-state index in [2.05, 4.69) is 9.97 Å². The quantitative estimate of drug-likeness (QED) is 0.734. The largest absolute Gasteiger partial charge is 0.469 e. The molecular weight excluding hydrogens is 222 g/mol. The first kappa shape index (κ1) is 11.6. The second-order valence-corrected chi connectivity index (χ2v) is 4.28. The maximum absolute atomic E-state index is 11.5. The van der Waals surface area contributed by atoms with Crippen LogP contribution in [0.1, 0.15) is 6.92 Å². The number of esters is 1. The van der Waals surface area contributed by atoms with Crippen LogP contribution in [-0.4, -0.2) is 36.1 Å². The molecule has 1 saturated heterocycles. The lowest BCUT2D eigenvalue weighted by atomic mass is 9.99. The Kier molecular flexibility index (Phi) is 3.12. The maximum Gasteiger partial charge on any atom is 0.310 e. The predicted octanol–water partition coefficient (Wildman–Crippen LogP) is 0.0152. The van der Waals surface area contributed by atoms with Gasteiger partial charge in [0.2, 0.25) is 0 Å². The molecule has 2 unspecified atom stereocenters. The van der Waals surface area contributed by atoms with Gasteiger partial charge in [0, 0.05) is 19.2 Å². The van der Waals surface area contributed by atoms with E-state index in [0.717, 1.165) is 0 Å². The molecule has 0 aliphatic carbocycles. The van der Waals surface area contributed by atoms with E-state index in [-0.39, 0.29) is 23.4 Å². The van der Waals surface area contributed by atoms with Crippen LogP contribution in [0.5, 0.6) is 0 Å². The molecule has 1 fully saturated rings. The molecule has 1 aromatic heterocycles. The number of hydrogen-bond acceptors (Lipinski definition) is 5. The van der Waals surface area contributed by atoms with Crippen molar-refractivity contribution < 1.29 is 9.53 Å². The topological polar surface area (TPSA) is 75.3 Å². The number of H-pyrrole nitrogens is 1. The van der Waals surface area contributed by atoms with Gasteiger partial charge < -0.3 is 14.6 Å². The summed E-state index contributed by atoms with van der Waals surface area (Å²) in [6.07, 6.45) is 1.37. The molecular formula is C11H15N3O3. The zero-order chi connectivity index (χ0) is 12.4. The number of carbonyl (C=O) groups excluding carboxylic acids is 1. The molecule has 0 radical (unpaired) electrons. The van der Waals surface area contributed by atoms with Crippen molar-refractivity contribution in [2.45, 2.75) is 6.92 Å². The SMILES string of the molecule is COC(=O)C1CN(c2cc(=O)[nH]cn2)CC1C. The Morgan fingerprint density at radius 2 is 2.35 bits per heavy atom. The summed E-state index contributed by atoms with van der Waals surface area (Å²) >= 11 is 0. The van der Waals surface area contributed by atoms with Crippen molar-refractivity contribution in [3.05, 3.63) is 22.7 Å². The van der Waals surface area contributed by atoms with E-state index in [9.17, 15) is 9.59 Å². The molecule has 17 heavy (non-hydrogen) atoms. The Bertz CT molecular complexity index is 471. The highest BCUT2D eigenvalue weighted by atomic mass is 16.5. The van der Waals surface area contributed by atoms with E-state index in [4.69, 9.17) is 4.74 Å². The normalized spacial score (nSPS) is 23.8. The third kappa shape index (κ3) is 2.30. The number of hydrogen-bond donors (Lipinski definition) is 1. The predicted molar refractivity (Wildman–Crippen MR) is 61.7 cm³/mol. The van der Waals surface area contributed by atoms with Gasteiger partial charge in [0.25, 0.3) is 5.56 Å². The van der Waals surface area contributed by atoms with E-state index < -0.39 is 0 Å². The fourth-order valence-electron chi connectivity index (χ4n) is 2.14. The molecule has 0 aromatic carbocycles. The fraction of sp³-hybridized carbons (Fsp3) is 0.545. The number of nitrogens with one attached hydrogen (secondary N) is 1. The number of nitrogens with zero attached hydrogens (tertiary/aromatic N) is 2. The average molecular weight is 237 g/mol. The van der Waals surface area contributed by atoms with Crippen LogP contribution in [0.4, 0.5) is 5.82 Å². The Balaban J connectivity index is 2.16. The van der Waals surface area contributed by atoms with Crippen LogP contribution in [0.2, 0.25) is 0 Å². The molecule has 0 amide bonds. The van der Waals surface area contributed by atoms with Crippen molar-refractivity contribution in [2.24, 2.45) is 11.8 Å². The van der Waals surface area contributed by atoms with Gasteiger partial charge in [-0.25, -0.2) is 4.98 Å². The molecule has 6 heteroatoms. The van der Waals surface area contributed by atoms with Gasteiger partial charge in [-0.3, -0.25) is 9.59 Å². The summed E-state index contributed by atoms with van der Waals surface area (Å²) in [5.41, 5.74) is -0.191. The zero-order valence-electron chi connectivity index (χ0n) is 9.84. The van der Waals surface area contributed by atoms with Crippen LogP contribution in [0.15, 0.2) is 17.2 Å². The summed E-state index contributed by atoms with van der Waals surface area (Å²) in [6.45, 7) is 3.25. The maximum atomic E-state index is 11.5. The molecule has 1 N–H and O–H groups in total. The van der Waals surface area contributed by atoms with E-state index in [1.54, 1.807) is 0 Å². The Morgan fingerprint density at radius 1 is 1.59 bits per heavy atom. The number of carbonyl (C=O) groups is 1. The summed E-state index contributed by atoms with van der Waals surface area (Å²) in [5.74, 6) is 0.446. The number of anilines is 1. The minimum atomic E-state index is -0.204. The van der Waals surface area contributed by atoms with Gasteiger partial charge in [-0.1, -0.05) is 6.92 Å². The monoisotopic (exact) mass is 237 g/mol. The minimum Gasteiger partial charge on any atom is -0.469 e. The molecule has 2 rings (SSSR count). The smallest absolute Gasteiger partial charge is 0.310 e. The lowest BCUT2D eigenvalue weighted by molar-refractivity contribution is -0.145. The average Bonchev–Trinajstić information content (AvgIpc) is 2.70. The molecule has 0 bridgehead atoms. The second kappa shape index (κ2) is 4.57. The Labute approximate surface area is 98.6 Å². The van der Waals surface area contributed by atoms with Crippen molar-refractivity contribution in [1.82, 2.24) is 9.97 Å². The number of rotatable bonds is 2. The van der Waals surface area contributed by atoms with Gasteiger partial charge in [-0.2, -0.15) is 0 Å². The molecule has 1 aromatic rings. The Morgan fingerprint density at radius 3 is 3.00 bits per heavy atom. The first-order chi connectivity index (χ1) is 8.11. The molecule has 0 spiro atoms. The molecule has 1 aliphatic heterocycles. The van der Waals surface area contributed by atoms with E-state index in [1.165, 1.54) is 19.5 Å². The van der Waals surface area contributed by atoms with Crippen molar-refractivity contribution in [3.8, 4) is 0 Å². The van der Waals surface area contributed by atoms with Gasteiger partial charge in [0.1, 0.15) is 5.82 Å². The highest BCUT2D eigenvalue weighted by Crippen LogP contribution is 2.26. The summed E-state index contributed by atoms with van der Waals surface area (Å²) in [4.78, 5) is 31.2. The number of aromatic amines is 1. The summed E-state index contributed by atoms with van der Waals surface area (Å²) in [7, 11) is 1.39. The van der Waals surface area contributed by atoms with Gasteiger partial charge >= 0.3 is 5.97 Å². The van der Waals surface area contributed by atoms with Crippen LogP contribution in [-0.2, 0) is 9.53 Å². The minimum absolute atomic E-state index is 0.152. The van der Waals surface area contributed by atoms with Crippen molar-refractivity contribution >= 4 is 11.8 Å². The van der Waals surface area contributed by atoms with Gasteiger partial charge in [0.05, 0.1) is 19.4 Å². The van der Waals surface area contributed by atoms with Crippen molar-refractivity contribution in [1.29, 1.82) is 0 Å². The van der Waals surface area contributed by atoms with Gasteiger partial charge in [-0.05, 0) is 5.92 Å². The van der Waals surface area contributed by atoms with Crippen LogP contribution >= 0.6 is 0 Å². The zero-order valence-corrected chi connectivity index (χ0v) is 9.84. The van der Waals surface area contributed by atoms with E-state index >= 15 is 0 Å². The molecule has 1 aliphatic rings. The molecule has 2 atom stereocenters. The summed E-state index contributed by atoms with van der Waals surface area (Å²) in [6, 6.07) is 1.44. The van der Waals surface area contributed by atoms with Crippen molar-refractivity contribution in [3.63, 3.8) is 0 Å². The lowest BCUT2D eigenvalue weighted by Crippen LogP contribution is -2.25. The van der Waals surface area contributed by atoms with E-state index in [0.29, 0.717) is 18.9 Å². The molecule has 2 heterocycles. The van der Waals surface area contributed by atoms with Gasteiger partial charge in [0.15, 0.2) is 0 Å². The van der Waals surface area contributed by atoms with Crippen LogP contribution in [0, 0.1) is 11.8 Å². The van der Waals surface area contributed by atoms with E-state index in [1.807, 2.05) is 11.8 Å². The highest BCUT2D eigenvalue weighted by molar-refractivity contribution is 5.74. The highest BCUT2D eigenvalue weighted by Gasteiger charge is 2.36. The molecule has 0 saturated carbocycles. The molecule has 92 valence electrons. The standard InChI is InChI=1S/C11H15N3O3/c1-7-4-14(5-8(7)11(16)17-2)9-3-10(15)13-6-12-9/h3,6-8H,4-5H2,1-2H3,(H,12,13,15). The fourth-order valence-corrected chi connectivity index (χ4v) is 2.14. The molecule has 6 nitrogen and oxygen atoms in total. The second-order valence-electron chi connectivity index (χ2n) is 4.28. The van der Waals surface area contributed by atoms with Crippen molar-refractivity contribution in [2.75, 3.05) is 25.1 Å².